The predicted octanol–water partition coefficient (Wildman–Crippen LogP) is 0.912. The molecule has 1 unspecified atom stereocenters. The lowest BCUT2D eigenvalue weighted by molar-refractivity contribution is -0.155. The Morgan fingerprint density at radius 2 is 1.72 bits per heavy atom. The highest BCUT2D eigenvalue weighted by Gasteiger charge is 2.32. The second-order valence-corrected chi connectivity index (χ2v) is 7.48. The van der Waals surface area contributed by atoms with Gasteiger partial charge >= 0.3 is 5.97 Å². The number of nitrogens with one attached hydrogen (secondary N) is 2. The minimum absolute atomic E-state index is 0.0848. The second kappa shape index (κ2) is 6.79. The molecule has 0 saturated carbocycles. The first-order valence-corrected chi connectivity index (χ1v) is 8.78. The van der Waals surface area contributed by atoms with Crippen LogP contribution in [0.2, 0.25) is 0 Å². The number of anilines is 1. The van der Waals surface area contributed by atoms with Crippen LogP contribution >= 0.6 is 0 Å². The van der Waals surface area contributed by atoms with Crippen molar-refractivity contribution in [3.63, 3.8) is 0 Å². The number of rotatable bonds is 6. The normalized spacial score (nSPS) is 14.0. The number of aliphatic hydroxyl groups is 1. The van der Waals surface area contributed by atoms with Crippen LogP contribution in [0.3, 0.4) is 0 Å². The third-order valence-electron chi connectivity index (χ3n) is 3.55. The van der Waals surface area contributed by atoms with Crippen molar-refractivity contribution in [2.75, 3.05) is 11.9 Å². The fourth-order valence-corrected chi connectivity index (χ4v) is 3.53. The van der Waals surface area contributed by atoms with Crippen molar-refractivity contribution in [2.24, 2.45) is 0 Å². The number of aliphatic carboxylic acids is 1. The number of hydrogen-bond acceptors (Lipinski definition) is 5. The number of hydrogen-bond donors (Lipinski definition) is 4. The largest absolute Gasteiger partial charge is 0.479 e. The van der Waals surface area contributed by atoms with Gasteiger partial charge in [0.1, 0.15) is 0 Å². The van der Waals surface area contributed by atoms with Gasteiger partial charge in [-0.15, -0.1) is 0 Å². The standard InChI is InChI=1S/C16H18N2O6S/c1-10(19)18-13-7-8-14(12-6-4-3-5-11(12)13)25(23,24)17-9-16(2,22)15(20)21/h3-8,17,22H,9H2,1-2H3,(H,18,19)(H,20,21). The van der Waals surface area contributed by atoms with Crippen LogP contribution in [0.1, 0.15) is 13.8 Å². The summed E-state index contributed by atoms with van der Waals surface area (Å²) in [7, 11) is -4.08. The summed E-state index contributed by atoms with van der Waals surface area (Å²) in [5.41, 5.74) is -1.78. The van der Waals surface area contributed by atoms with Gasteiger partial charge in [0, 0.05) is 23.4 Å². The van der Waals surface area contributed by atoms with E-state index in [1.165, 1.54) is 19.1 Å². The zero-order valence-electron chi connectivity index (χ0n) is 13.6. The molecule has 4 N–H and O–H groups in total. The summed E-state index contributed by atoms with van der Waals surface area (Å²) >= 11 is 0. The maximum Gasteiger partial charge on any atom is 0.336 e. The maximum atomic E-state index is 12.5. The number of carboxylic acid groups (broad SMARTS) is 1. The van der Waals surface area contributed by atoms with E-state index < -0.39 is 28.1 Å². The molecule has 25 heavy (non-hydrogen) atoms. The topological polar surface area (TPSA) is 133 Å². The molecule has 0 bridgehead atoms. The van der Waals surface area contributed by atoms with E-state index in [-0.39, 0.29) is 10.8 Å². The van der Waals surface area contributed by atoms with Crippen LogP contribution < -0.4 is 10.0 Å². The minimum atomic E-state index is -4.08. The number of carboxylic acids is 1. The quantitative estimate of drug-likeness (QED) is 0.601. The molecule has 0 heterocycles. The summed E-state index contributed by atoms with van der Waals surface area (Å²) in [6, 6.07) is 9.34. The lowest BCUT2D eigenvalue weighted by atomic mass is 10.1. The molecular weight excluding hydrogens is 348 g/mol. The Morgan fingerprint density at radius 3 is 2.28 bits per heavy atom. The third-order valence-corrected chi connectivity index (χ3v) is 5.01. The molecule has 9 heteroatoms. The van der Waals surface area contributed by atoms with E-state index in [2.05, 4.69) is 10.0 Å². The Kier molecular flexibility index (Phi) is 5.12. The van der Waals surface area contributed by atoms with Crippen molar-refractivity contribution in [3.05, 3.63) is 36.4 Å². The first kappa shape index (κ1) is 18.8. The average Bonchev–Trinajstić information content (AvgIpc) is 2.52. The fraction of sp³-hybridized carbons (Fsp3) is 0.250. The lowest BCUT2D eigenvalue weighted by Gasteiger charge is -2.19. The number of sulfonamides is 1. The monoisotopic (exact) mass is 366 g/mol. The van der Waals surface area contributed by atoms with E-state index in [4.69, 9.17) is 5.11 Å². The summed E-state index contributed by atoms with van der Waals surface area (Å²) in [4.78, 5) is 22.1. The zero-order chi connectivity index (χ0) is 18.8. The van der Waals surface area contributed by atoms with E-state index in [9.17, 15) is 23.1 Å². The number of amides is 1. The molecule has 0 aliphatic rings. The molecule has 0 radical (unpaired) electrons. The van der Waals surface area contributed by atoms with Gasteiger partial charge in [0.15, 0.2) is 5.60 Å². The van der Waals surface area contributed by atoms with E-state index in [1.807, 2.05) is 0 Å². The molecule has 2 rings (SSSR count). The zero-order valence-corrected chi connectivity index (χ0v) is 14.4. The molecule has 0 aliphatic heterocycles. The summed E-state index contributed by atoms with van der Waals surface area (Å²) in [5.74, 6) is -1.84. The van der Waals surface area contributed by atoms with Gasteiger partial charge in [-0.05, 0) is 19.1 Å². The van der Waals surface area contributed by atoms with Gasteiger partial charge < -0.3 is 15.5 Å². The molecule has 0 aliphatic carbocycles. The van der Waals surface area contributed by atoms with Crippen molar-refractivity contribution in [1.82, 2.24) is 4.72 Å². The number of carbonyl (C=O) groups is 2. The summed E-state index contributed by atoms with van der Waals surface area (Å²) in [6.45, 7) is 1.65. The third kappa shape index (κ3) is 4.13. The van der Waals surface area contributed by atoms with Gasteiger partial charge in [-0.3, -0.25) is 4.79 Å². The van der Waals surface area contributed by atoms with E-state index in [0.29, 0.717) is 16.5 Å². The molecule has 2 aromatic carbocycles. The SMILES string of the molecule is CC(=O)Nc1ccc(S(=O)(=O)NCC(C)(O)C(=O)O)c2ccccc12. The Hall–Kier alpha value is -2.49. The summed E-state index contributed by atoms with van der Waals surface area (Å²) in [6.07, 6.45) is 0. The minimum Gasteiger partial charge on any atom is -0.479 e. The smallest absolute Gasteiger partial charge is 0.336 e. The molecule has 1 atom stereocenters. The number of benzene rings is 2. The lowest BCUT2D eigenvalue weighted by Crippen LogP contribution is -2.46. The molecular formula is C16H18N2O6S. The molecule has 0 saturated heterocycles. The molecule has 134 valence electrons. The first-order chi connectivity index (χ1) is 11.5. The van der Waals surface area contributed by atoms with Crippen LogP contribution in [0, 0.1) is 0 Å². The highest BCUT2D eigenvalue weighted by atomic mass is 32.2. The average molecular weight is 366 g/mol. The van der Waals surface area contributed by atoms with E-state index in [0.717, 1.165) is 6.92 Å². The van der Waals surface area contributed by atoms with Gasteiger partial charge in [-0.2, -0.15) is 0 Å². The fourth-order valence-electron chi connectivity index (χ4n) is 2.19. The molecule has 8 nitrogen and oxygen atoms in total. The number of fused-ring (bicyclic) bond motifs is 1. The van der Waals surface area contributed by atoms with Crippen LogP contribution in [0.15, 0.2) is 41.3 Å². The second-order valence-electron chi connectivity index (χ2n) is 5.74. The molecule has 1 amide bonds. The number of carbonyl (C=O) groups excluding carboxylic acids is 1. The summed E-state index contributed by atoms with van der Waals surface area (Å²) in [5, 5.41) is 22.1. The van der Waals surface area contributed by atoms with Crippen molar-refractivity contribution in [3.8, 4) is 0 Å². The Labute approximate surface area is 144 Å². The van der Waals surface area contributed by atoms with Crippen LogP contribution in [0.25, 0.3) is 10.8 Å². The predicted molar refractivity (Wildman–Crippen MR) is 91.7 cm³/mol. The molecule has 0 aromatic heterocycles. The Balaban J connectivity index is 2.47. The van der Waals surface area contributed by atoms with Crippen LogP contribution in [-0.4, -0.2) is 42.7 Å². The van der Waals surface area contributed by atoms with Crippen molar-refractivity contribution in [2.45, 2.75) is 24.3 Å². The van der Waals surface area contributed by atoms with Gasteiger partial charge in [0.05, 0.1) is 11.4 Å². The molecule has 0 spiro atoms. The van der Waals surface area contributed by atoms with Crippen molar-refractivity contribution < 1.29 is 28.2 Å². The van der Waals surface area contributed by atoms with Crippen molar-refractivity contribution in [1.29, 1.82) is 0 Å². The Morgan fingerprint density at radius 1 is 1.12 bits per heavy atom. The molecule has 0 fully saturated rings. The molecule has 2 aromatic rings. The van der Waals surface area contributed by atoms with Crippen LogP contribution in [-0.2, 0) is 19.6 Å². The first-order valence-electron chi connectivity index (χ1n) is 7.29. The highest BCUT2D eigenvalue weighted by molar-refractivity contribution is 7.89. The van der Waals surface area contributed by atoms with E-state index in [1.54, 1.807) is 24.3 Å². The highest BCUT2D eigenvalue weighted by Crippen LogP contribution is 2.29. The van der Waals surface area contributed by atoms with E-state index >= 15 is 0 Å². The van der Waals surface area contributed by atoms with Gasteiger partial charge in [0.25, 0.3) is 0 Å². The maximum absolute atomic E-state index is 12.5. The van der Waals surface area contributed by atoms with Gasteiger partial charge in [-0.1, -0.05) is 24.3 Å². The van der Waals surface area contributed by atoms with Crippen molar-refractivity contribution >= 4 is 38.4 Å². The van der Waals surface area contributed by atoms with Gasteiger partial charge in [0.2, 0.25) is 15.9 Å². The Bertz CT molecular complexity index is 937. The van der Waals surface area contributed by atoms with Gasteiger partial charge in [-0.25, -0.2) is 17.9 Å². The van der Waals surface area contributed by atoms with Crippen LogP contribution in [0.4, 0.5) is 5.69 Å². The summed E-state index contributed by atoms with van der Waals surface area (Å²) < 4.78 is 27.2. The van der Waals surface area contributed by atoms with Crippen LogP contribution in [0.5, 0.6) is 0 Å².